The normalized spacial score (nSPS) is 11.2. The van der Waals surface area contributed by atoms with Crippen LogP contribution in [0.5, 0.6) is 0 Å². The van der Waals surface area contributed by atoms with Gasteiger partial charge < -0.3 is 0 Å². The van der Waals surface area contributed by atoms with E-state index in [0.717, 1.165) is 21.7 Å². The summed E-state index contributed by atoms with van der Waals surface area (Å²) in [5.41, 5.74) is 2.91. The minimum absolute atomic E-state index is 0.0882. The highest BCUT2D eigenvalue weighted by Crippen LogP contribution is 2.29. The van der Waals surface area contributed by atoms with Gasteiger partial charge in [-0.2, -0.15) is 0 Å². The molecule has 0 saturated heterocycles. The summed E-state index contributed by atoms with van der Waals surface area (Å²) in [5, 5.41) is 10.7. The number of nitrogens with zero attached hydrogens (tertiary/aromatic N) is 3. The third kappa shape index (κ3) is 1.88. The Kier molecular flexibility index (Phi) is 2.52. The Hall–Kier alpha value is -2.73. The van der Waals surface area contributed by atoms with Crippen molar-refractivity contribution in [2.75, 3.05) is 0 Å². The second kappa shape index (κ2) is 4.39. The van der Waals surface area contributed by atoms with Crippen LogP contribution in [0.15, 0.2) is 54.7 Å². The fourth-order valence-electron chi connectivity index (χ4n) is 2.34. The van der Waals surface area contributed by atoms with Gasteiger partial charge in [-0.25, -0.2) is 4.98 Å². The van der Waals surface area contributed by atoms with E-state index >= 15 is 0 Å². The summed E-state index contributed by atoms with van der Waals surface area (Å²) < 4.78 is 3.24. The number of nitro groups is 1. The molecule has 0 unspecified atom stereocenters. The van der Waals surface area contributed by atoms with E-state index in [4.69, 9.17) is 0 Å². The standard InChI is InChI=1S/C15H9N3O2S/c19-18(20)11-7-5-10(6-8-11)12-9-17-13-3-1-2-4-14(13)21-15(17)16-12/h1-9H. The van der Waals surface area contributed by atoms with E-state index in [1.807, 2.05) is 18.3 Å². The highest BCUT2D eigenvalue weighted by atomic mass is 32.1. The van der Waals surface area contributed by atoms with Gasteiger partial charge in [-0.1, -0.05) is 23.5 Å². The molecule has 102 valence electrons. The largest absolute Gasteiger partial charge is 0.290 e. The zero-order chi connectivity index (χ0) is 14.4. The molecule has 4 aromatic rings. The van der Waals surface area contributed by atoms with Crippen molar-refractivity contribution in [1.29, 1.82) is 0 Å². The topological polar surface area (TPSA) is 60.4 Å². The van der Waals surface area contributed by atoms with E-state index in [1.165, 1.54) is 16.8 Å². The minimum Gasteiger partial charge on any atom is -0.290 e. The molecule has 0 aliphatic carbocycles. The molecule has 0 radical (unpaired) electrons. The van der Waals surface area contributed by atoms with E-state index in [9.17, 15) is 10.1 Å². The number of non-ortho nitro benzene ring substituents is 1. The Morgan fingerprint density at radius 3 is 2.62 bits per heavy atom. The van der Waals surface area contributed by atoms with Gasteiger partial charge in [0, 0.05) is 23.9 Å². The average Bonchev–Trinajstić information content (AvgIpc) is 3.05. The molecule has 2 aromatic heterocycles. The zero-order valence-electron chi connectivity index (χ0n) is 10.8. The van der Waals surface area contributed by atoms with Crippen LogP contribution in [0.2, 0.25) is 0 Å². The molecular formula is C15H9N3O2S. The zero-order valence-corrected chi connectivity index (χ0v) is 11.6. The second-order valence-corrected chi connectivity index (χ2v) is 5.66. The number of fused-ring (bicyclic) bond motifs is 3. The second-order valence-electron chi connectivity index (χ2n) is 4.65. The van der Waals surface area contributed by atoms with Gasteiger partial charge in [0.2, 0.25) is 0 Å². The lowest BCUT2D eigenvalue weighted by Crippen LogP contribution is -1.87. The lowest BCUT2D eigenvalue weighted by Gasteiger charge is -1.96. The summed E-state index contributed by atoms with van der Waals surface area (Å²) in [6, 6.07) is 14.6. The van der Waals surface area contributed by atoms with E-state index in [2.05, 4.69) is 21.5 Å². The fraction of sp³-hybridized carbons (Fsp3) is 0. The van der Waals surface area contributed by atoms with Crippen LogP contribution in [-0.4, -0.2) is 14.3 Å². The first-order chi connectivity index (χ1) is 10.2. The van der Waals surface area contributed by atoms with Gasteiger partial charge in [0.25, 0.3) is 5.69 Å². The molecule has 21 heavy (non-hydrogen) atoms. The van der Waals surface area contributed by atoms with Crippen LogP contribution in [0.3, 0.4) is 0 Å². The van der Waals surface area contributed by atoms with Crippen LogP contribution < -0.4 is 0 Å². The lowest BCUT2D eigenvalue weighted by molar-refractivity contribution is -0.384. The predicted molar refractivity (Wildman–Crippen MR) is 82.7 cm³/mol. The van der Waals surface area contributed by atoms with Gasteiger partial charge in [0.15, 0.2) is 4.96 Å². The van der Waals surface area contributed by atoms with Gasteiger partial charge in [-0.3, -0.25) is 14.5 Å². The van der Waals surface area contributed by atoms with Crippen molar-refractivity contribution >= 4 is 32.2 Å². The van der Waals surface area contributed by atoms with E-state index in [-0.39, 0.29) is 5.69 Å². The van der Waals surface area contributed by atoms with Gasteiger partial charge in [-0.15, -0.1) is 0 Å². The number of rotatable bonds is 2. The Balaban J connectivity index is 1.85. The van der Waals surface area contributed by atoms with Crippen LogP contribution in [0.4, 0.5) is 5.69 Å². The number of hydrogen-bond donors (Lipinski definition) is 0. The molecule has 0 bridgehead atoms. The summed E-state index contributed by atoms with van der Waals surface area (Å²) in [5.74, 6) is 0. The number of hydrogen-bond acceptors (Lipinski definition) is 4. The first-order valence-corrected chi connectivity index (χ1v) is 7.15. The summed E-state index contributed by atoms with van der Waals surface area (Å²) >= 11 is 1.63. The van der Waals surface area contributed by atoms with Gasteiger partial charge >= 0.3 is 0 Å². The van der Waals surface area contributed by atoms with Crippen LogP contribution in [0, 0.1) is 10.1 Å². The Morgan fingerprint density at radius 2 is 1.86 bits per heavy atom. The molecule has 0 atom stereocenters. The summed E-state index contributed by atoms with van der Waals surface area (Å²) in [6.45, 7) is 0. The number of benzene rings is 2. The fourth-order valence-corrected chi connectivity index (χ4v) is 3.35. The van der Waals surface area contributed by atoms with E-state index < -0.39 is 4.92 Å². The molecule has 6 heteroatoms. The average molecular weight is 295 g/mol. The maximum absolute atomic E-state index is 10.7. The van der Waals surface area contributed by atoms with Crippen LogP contribution in [0.1, 0.15) is 0 Å². The summed E-state index contributed by atoms with van der Waals surface area (Å²) in [4.78, 5) is 15.8. The maximum atomic E-state index is 10.7. The summed E-state index contributed by atoms with van der Waals surface area (Å²) in [7, 11) is 0. The van der Waals surface area contributed by atoms with Crippen molar-refractivity contribution in [2.45, 2.75) is 0 Å². The van der Waals surface area contributed by atoms with E-state index in [1.54, 1.807) is 23.5 Å². The van der Waals surface area contributed by atoms with Gasteiger partial charge in [-0.05, 0) is 24.3 Å². The number of imidazole rings is 1. The van der Waals surface area contributed by atoms with Crippen molar-refractivity contribution in [3.05, 3.63) is 64.8 Å². The van der Waals surface area contributed by atoms with Crippen molar-refractivity contribution in [3.63, 3.8) is 0 Å². The number of nitro benzene ring substituents is 1. The minimum atomic E-state index is -0.400. The Morgan fingerprint density at radius 1 is 1.10 bits per heavy atom. The SMILES string of the molecule is O=[N+]([O-])c1ccc(-c2cn3c(n2)sc2ccccc23)cc1. The van der Waals surface area contributed by atoms with Crippen LogP contribution in [-0.2, 0) is 0 Å². The van der Waals surface area contributed by atoms with Crippen LogP contribution in [0.25, 0.3) is 26.4 Å². The molecule has 5 nitrogen and oxygen atoms in total. The first-order valence-electron chi connectivity index (χ1n) is 6.34. The molecule has 0 aliphatic heterocycles. The predicted octanol–water partition coefficient (Wildman–Crippen LogP) is 4.12. The molecule has 0 N–H and O–H groups in total. The smallest absolute Gasteiger partial charge is 0.269 e. The third-order valence-corrected chi connectivity index (χ3v) is 4.41. The van der Waals surface area contributed by atoms with Crippen molar-refractivity contribution < 1.29 is 4.92 Å². The quantitative estimate of drug-likeness (QED) is 0.413. The monoisotopic (exact) mass is 295 g/mol. The molecule has 2 heterocycles. The lowest BCUT2D eigenvalue weighted by atomic mass is 10.1. The number of aromatic nitrogens is 2. The summed E-state index contributed by atoms with van der Waals surface area (Å²) in [6.07, 6.45) is 1.97. The van der Waals surface area contributed by atoms with Crippen LogP contribution >= 0.6 is 11.3 Å². The molecule has 0 aliphatic rings. The molecule has 2 aromatic carbocycles. The Bertz CT molecular complexity index is 970. The maximum Gasteiger partial charge on any atom is 0.269 e. The first kappa shape index (κ1) is 12.0. The molecule has 0 fully saturated rings. The van der Waals surface area contributed by atoms with Crippen molar-refractivity contribution in [1.82, 2.24) is 9.38 Å². The molecular weight excluding hydrogens is 286 g/mol. The van der Waals surface area contributed by atoms with Gasteiger partial charge in [0.05, 0.1) is 20.8 Å². The van der Waals surface area contributed by atoms with E-state index in [0.29, 0.717) is 0 Å². The third-order valence-electron chi connectivity index (χ3n) is 3.37. The highest BCUT2D eigenvalue weighted by Gasteiger charge is 2.11. The highest BCUT2D eigenvalue weighted by molar-refractivity contribution is 7.23. The molecule has 0 amide bonds. The number of para-hydroxylation sites is 1. The molecule has 0 saturated carbocycles. The Labute approximate surface area is 123 Å². The van der Waals surface area contributed by atoms with Crippen molar-refractivity contribution in [2.24, 2.45) is 0 Å². The molecule has 0 spiro atoms. The molecule has 4 rings (SSSR count). The van der Waals surface area contributed by atoms with Gasteiger partial charge in [0.1, 0.15) is 0 Å². The van der Waals surface area contributed by atoms with Crippen molar-refractivity contribution in [3.8, 4) is 11.3 Å². The number of thiazole rings is 1.